The van der Waals surface area contributed by atoms with Gasteiger partial charge in [0.1, 0.15) is 12.4 Å². The van der Waals surface area contributed by atoms with Gasteiger partial charge < -0.3 is 19.7 Å². The molecule has 3 rings (SSSR count). The van der Waals surface area contributed by atoms with E-state index < -0.39 is 17.8 Å². The second kappa shape index (κ2) is 8.56. The van der Waals surface area contributed by atoms with E-state index in [0.29, 0.717) is 17.7 Å². The van der Waals surface area contributed by atoms with E-state index in [4.69, 9.17) is 9.47 Å². The molecule has 7 nitrogen and oxygen atoms in total. The Hall–Kier alpha value is -3.35. The molecule has 1 aliphatic rings. The van der Waals surface area contributed by atoms with E-state index in [1.54, 1.807) is 38.4 Å². The van der Waals surface area contributed by atoms with E-state index in [2.05, 4.69) is 5.32 Å². The number of benzene rings is 2. The zero-order valence-electron chi connectivity index (χ0n) is 15.8. The number of hydrogen-bond donors (Lipinski definition) is 1. The van der Waals surface area contributed by atoms with Crippen molar-refractivity contribution in [3.05, 3.63) is 59.7 Å². The van der Waals surface area contributed by atoms with Gasteiger partial charge in [0.25, 0.3) is 11.8 Å². The molecule has 0 bridgehead atoms. The highest BCUT2D eigenvalue weighted by molar-refractivity contribution is 5.96. The average Bonchev–Trinajstić information content (AvgIpc) is 2.71. The van der Waals surface area contributed by atoms with Crippen molar-refractivity contribution in [1.82, 2.24) is 4.90 Å². The maximum absolute atomic E-state index is 12.2. The molecule has 146 valence electrons. The minimum absolute atomic E-state index is 0.122. The first-order valence-electron chi connectivity index (χ1n) is 8.93. The van der Waals surface area contributed by atoms with Gasteiger partial charge in [-0.05, 0) is 42.3 Å². The lowest BCUT2D eigenvalue weighted by atomic mass is 9.97. The molecule has 2 aromatic carbocycles. The summed E-state index contributed by atoms with van der Waals surface area (Å²) in [5, 5.41) is 2.64. The third-order valence-corrected chi connectivity index (χ3v) is 4.38. The Morgan fingerprint density at radius 2 is 1.82 bits per heavy atom. The molecular formula is C21H22N2O5. The minimum atomic E-state index is -0.461. The van der Waals surface area contributed by atoms with Crippen LogP contribution >= 0.6 is 0 Å². The number of ether oxygens (including phenoxy) is 2. The summed E-state index contributed by atoms with van der Waals surface area (Å²) in [5.74, 6) is -0.684. The molecule has 0 aromatic heterocycles. The summed E-state index contributed by atoms with van der Waals surface area (Å²) in [7, 11) is 3.34. The lowest BCUT2D eigenvalue weighted by Gasteiger charge is -2.23. The van der Waals surface area contributed by atoms with E-state index in [-0.39, 0.29) is 19.1 Å². The largest absolute Gasteiger partial charge is 0.492 e. The summed E-state index contributed by atoms with van der Waals surface area (Å²) in [4.78, 5) is 37.6. The number of nitrogens with zero attached hydrogens (tertiary/aromatic N) is 1. The highest BCUT2D eigenvalue weighted by Gasteiger charge is 2.27. The molecular weight excluding hydrogens is 360 g/mol. The third-order valence-electron chi connectivity index (χ3n) is 4.38. The Balaban J connectivity index is 1.48. The summed E-state index contributed by atoms with van der Waals surface area (Å²) in [6.45, 7) is -0.145. The Labute approximate surface area is 163 Å². The maximum Gasteiger partial charge on any atom is 0.313 e. The van der Waals surface area contributed by atoms with Crippen molar-refractivity contribution in [3.8, 4) is 5.75 Å². The number of fused-ring (bicyclic) bond motifs is 1. The molecule has 2 amide bonds. The van der Waals surface area contributed by atoms with Crippen LogP contribution in [-0.2, 0) is 20.7 Å². The molecule has 1 N–H and O–H groups in total. The molecule has 7 heteroatoms. The second-order valence-electron chi connectivity index (χ2n) is 6.75. The van der Waals surface area contributed by atoms with Crippen molar-refractivity contribution in [1.29, 1.82) is 0 Å². The number of carbonyl (C=O) groups is 3. The molecule has 1 aliphatic heterocycles. The van der Waals surface area contributed by atoms with Crippen LogP contribution in [-0.4, -0.2) is 50.0 Å². The number of esters is 1. The van der Waals surface area contributed by atoms with Gasteiger partial charge in [0.15, 0.2) is 6.61 Å². The van der Waals surface area contributed by atoms with Gasteiger partial charge >= 0.3 is 5.97 Å². The average molecular weight is 382 g/mol. The summed E-state index contributed by atoms with van der Waals surface area (Å²) in [6.07, 6.45) is 0.526. The van der Waals surface area contributed by atoms with Crippen LogP contribution in [0, 0.1) is 5.92 Å². The molecule has 0 radical (unpaired) electrons. The van der Waals surface area contributed by atoms with E-state index in [9.17, 15) is 14.4 Å². The van der Waals surface area contributed by atoms with E-state index in [0.717, 1.165) is 11.3 Å². The predicted molar refractivity (Wildman–Crippen MR) is 103 cm³/mol. The fourth-order valence-electron chi connectivity index (χ4n) is 2.89. The quantitative estimate of drug-likeness (QED) is 0.801. The zero-order valence-corrected chi connectivity index (χ0v) is 15.8. The Morgan fingerprint density at radius 3 is 2.54 bits per heavy atom. The van der Waals surface area contributed by atoms with Gasteiger partial charge in [0.2, 0.25) is 0 Å². The predicted octanol–water partition coefficient (Wildman–Crippen LogP) is 2.12. The summed E-state index contributed by atoms with van der Waals surface area (Å²) < 4.78 is 10.7. The second-order valence-corrected chi connectivity index (χ2v) is 6.75. The Bertz CT molecular complexity index is 877. The summed E-state index contributed by atoms with van der Waals surface area (Å²) in [6, 6.07) is 14.0. The number of para-hydroxylation sites is 1. The molecule has 1 unspecified atom stereocenters. The lowest BCUT2D eigenvalue weighted by Crippen LogP contribution is -2.31. The van der Waals surface area contributed by atoms with Crippen molar-refractivity contribution in [2.45, 2.75) is 6.42 Å². The first-order valence-corrected chi connectivity index (χ1v) is 8.93. The summed E-state index contributed by atoms with van der Waals surface area (Å²) in [5.41, 5.74) is 1.99. The first-order chi connectivity index (χ1) is 13.4. The van der Waals surface area contributed by atoms with Gasteiger partial charge in [-0.3, -0.25) is 14.4 Å². The van der Waals surface area contributed by atoms with Crippen LogP contribution in [0.15, 0.2) is 48.5 Å². The molecule has 0 aliphatic carbocycles. The molecule has 1 heterocycles. The van der Waals surface area contributed by atoms with Gasteiger partial charge in [-0.15, -0.1) is 0 Å². The number of rotatable bonds is 5. The molecule has 0 fully saturated rings. The fourth-order valence-corrected chi connectivity index (χ4v) is 2.89. The molecule has 0 saturated heterocycles. The minimum Gasteiger partial charge on any atom is -0.492 e. The van der Waals surface area contributed by atoms with Crippen LogP contribution in [0.1, 0.15) is 15.9 Å². The Kier molecular flexibility index (Phi) is 5.93. The van der Waals surface area contributed by atoms with Crippen LogP contribution in [0.3, 0.4) is 0 Å². The number of hydrogen-bond acceptors (Lipinski definition) is 5. The zero-order chi connectivity index (χ0) is 20.1. The standard InChI is InChI=1S/C21H22N2O5/c1-23(2)20(25)14-7-9-17(10-8-14)22-19(24)13-28-21(26)16-11-15-5-3-4-6-18(15)27-12-16/h3-10,16H,11-13H2,1-2H3,(H,22,24). The van der Waals surface area contributed by atoms with Crippen molar-refractivity contribution in [3.63, 3.8) is 0 Å². The van der Waals surface area contributed by atoms with Gasteiger partial charge in [-0.25, -0.2) is 0 Å². The molecule has 2 aromatic rings. The number of carbonyl (C=O) groups excluding carboxylic acids is 3. The van der Waals surface area contributed by atoms with Crippen molar-refractivity contribution >= 4 is 23.5 Å². The smallest absolute Gasteiger partial charge is 0.313 e. The van der Waals surface area contributed by atoms with Crippen LogP contribution in [0.5, 0.6) is 5.75 Å². The van der Waals surface area contributed by atoms with Gasteiger partial charge in [0, 0.05) is 25.3 Å². The first kappa shape index (κ1) is 19.4. The van der Waals surface area contributed by atoms with Crippen LogP contribution in [0.4, 0.5) is 5.69 Å². The normalized spacial score (nSPS) is 15.0. The number of nitrogens with one attached hydrogen (secondary N) is 1. The van der Waals surface area contributed by atoms with E-state index >= 15 is 0 Å². The van der Waals surface area contributed by atoms with Crippen LogP contribution in [0.2, 0.25) is 0 Å². The van der Waals surface area contributed by atoms with E-state index in [1.807, 2.05) is 24.3 Å². The van der Waals surface area contributed by atoms with Gasteiger partial charge in [0.05, 0.1) is 5.92 Å². The topological polar surface area (TPSA) is 84.9 Å². The highest BCUT2D eigenvalue weighted by atomic mass is 16.5. The third kappa shape index (κ3) is 4.68. The van der Waals surface area contributed by atoms with Gasteiger partial charge in [-0.1, -0.05) is 18.2 Å². The SMILES string of the molecule is CN(C)C(=O)c1ccc(NC(=O)COC(=O)C2COc3ccccc3C2)cc1. The van der Waals surface area contributed by atoms with Gasteiger partial charge in [-0.2, -0.15) is 0 Å². The monoisotopic (exact) mass is 382 g/mol. The van der Waals surface area contributed by atoms with Crippen molar-refractivity contribution in [2.75, 3.05) is 32.6 Å². The number of anilines is 1. The molecule has 0 saturated carbocycles. The van der Waals surface area contributed by atoms with E-state index in [1.165, 1.54) is 4.90 Å². The molecule has 28 heavy (non-hydrogen) atoms. The lowest BCUT2D eigenvalue weighted by molar-refractivity contribution is -0.152. The summed E-state index contributed by atoms with van der Waals surface area (Å²) >= 11 is 0. The Morgan fingerprint density at radius 1 is 1.11 bits per heavy atom. The van der Waals surface area contributed by atoms with Crippen molar-refractivity contribution in [2.24, 2.45) is 5.92 Å². The van der Waals surface area contributed by atoms with Crippen LogP contribution < -0.4 is 10.1 Å². The van der Waals surface area contributed by atoms with Crippen LogP contribution in [0.25, 0.3) is 0 Å². The molecule has 0 spiro atoms. The maximum atomic E-state index is 12.2. The number of amides is 2. The fraction of sp³-hybridized carbons (Fsp3) is 0.286. The van der Waals surface area contributed by atoms with Crippen molar-refractivity contribution < 1.29 is 23.9 Å². The highest BCUT2D eigenvalue weighted by Crippen LogP contribution is 2.27. The molecule has 1 atom stereocenters.